The van der Waals surface area contributed by atoms with Crippen molar-refractivity contribution in [2.75, 3.05) is 5.32 Å². The van der Waals surface area contributed by atoms with Crippen LogP contribution in [0.3, 0.4) is 0 Å². The Kier molecular flexibility index (Phi) is 3.66. The SMILES string of the molecule is CC(C)(C)Nc1nc(C(F)(F)F)nc2ccc(Br)cc12. The van der Waals surface area contributed by atoms with E-state index in [4.69, 9.17) is 0 Å². The second kappa shape index (κ2) is 4.87. The first-order valence-electron chi connectivity index (χ1n) is 5.89. The Labute approximate surface area is 122 Å². The van der Waals surface area contributed by atoms with Crippen LogP contribution in [0.25, 0.3) is 10.9 Å². The number of hydrogen-bond donors (Lipinski definition) is 1. The van der Waals surface area contributed by atoms with Crippen LogP contribution in [-0.2, 0) is 6.18 Å². The molecule has 0 aliphatic carbocycles. The van der Waals surface area contributed by atoms with Gasteiger partial charge in [-0.05, 0) is 39.0 Å². The molecule has 7 heteroatoms. The fraction of sp³-hybridized carbons (Fsp3) is 0.385. The van der Waals surface area contributed by atoms with E-state index in [1.54, 1.807) is 12.1 Å². The molecule has 0 saturated carbocycles. The van der Waals surface area contributed by atoms with Gasteiger partial charge in [0.15, 0.2) is 0 Å². The van der Waals surface area contributed by atoms with Crippen molar-refractivity contribution in [1.29, 1.82) is 0 Å². The number of aromatic nitrogens is 2. The normalized spacial score (nSPS) is 12.8. The van der Waals surface area contributed by atoms with Crippen LogP contribution in [0.4, 0.5) is 19.0 Å². The molecule has 0 bridgehead atoms. The second-order valence-electron chi connectivity index (χ2n) is 5.43. The van der Waals surface area contributed by atoms with Crippen molar-refractivity contribution in [3.8, 4) is 0 Å². The van der Waals surface area contributed by atoms with Crippen molar-refractivity contribution >= 4 is 32.7 Å². The fourth-order valence-corrected chi connectivity index (χ4v) is 2.04. The smallest absolute Gasteiger partial charge is 0.365 e. The number of nitrogens with zero attached hydrogens (tertiary/aromatic N) is 2. The highest BCUT2D eigenvalue weighted by Crippen LogP contribution is 2.32. The largest absolute Gasteiger partial charge is 0.451 e. The summed E-state index contributed by atoms with van der Waals surface area (Å²) in [5.41, 5.74) is -0.158. The molecule has 0 saturated heterocycles. The topological polar surface area (TPSA) is 37.8 Å². The van der Waals surface area contributed by atoms with Crippen LogP contribution < -0.4 is 5.32 Å². The van der Waals surface area contributed by atoms with Crippen LogP contribution in [0.15, 0.2) is 22.7 Å². The van der Waals surface area contributed by atoms with Gasteiger partial charge in [0, 0.05) is 15.4 Å². The van der Waals surface area contributed by atoms with Gasteiger partial charge in [-0.25, -0.2) is 9.97 Å². The first kappa shape index (κ1) is 15.0. The standard InChI is InChI=1S/C13H13BrF3N3/c1-12(2,3)20-10-8-6-7(14)4-5-9(8)18-11(19-10)13(15,16)17/h4-6H,1-3H3,(H,18,19,20). The molecule has 0 amide bonds. The number of rotatable bonds is 1. The van der Waals surface area contributed by atoms with E-state index in [0.29, 0.717) is 5.39 Å². The Bertz CT molecular complexity index is 648. The molecule has 2 rings (SSSR count). The molecule has 0 unspecified atom stereocenters. The van der Waals surface area contributed by atoms with Gasteiger partial charge >= 0.3 is 6.18 Å². The maximum atomic E-state index is 12.8. The monoisotopic (exact) mass is 347 g/mol. The van der Waals surface area contributed by atoms with Crippen LogP contribution >= 0.6 is 15.9 Å². The van der Waals surface area contributed by atoms with Crippen LogP contribution in [0.2, 0.25) is 0 Å². The Morgan fingerprint density at radius 3 is 2.30 bits per heavy atom. The van der Waals surface area contributed by atoms with Crippen molar-refractivity contribution in [3.63, 3.8) is 0 Å². The summed E-state index contributed by atoms with van der Waals surface area (Å²) < 4.78 is 39.3. The van der Waals surface area contributed by atoms with Crippen molar-refractivity contribution in [2.24, 2.45) is 0 Å². The van der Waals surface area contributed by atoms with Gasteiger partial charge in [0.2, 0.25) is 5.82 Å². The van der Waals surface area contributed by atoms with Gasteiger partial charge in [0.05, 0.1) is 5.52 Å². The average molecular weight is 348 g/mol. The Morgan fingerprint density at radius 2 is 1.75 bits per heavy atom. The van der Waals surface area contributed by atoms with E-state index in [1.165, 1.54) is 6.07 Å². The molecule has 0 spiro atoms. The predicted octanol–water partition coefficient (Wildman–Crippen LogP) is 4.62. The molecule has 0 aliphatic heterocycles. The highest BCUT2D eigenvalue weighted by atomic mass is 79.9. The highest BCUT2D eigenvalue weighted by Gasteiger charge is 2.35. The number of benzene rings is 1. The maximum absolute atomic E-state index is 12.8. The molecule has 1 heterocycles. The van der Waals surface area contributed by atoms with Crippen LogP contribution in [-0.4, -0.2) is 15.5 Å². The quantitative estimate of drug-likeness (QED) is 0.817. The molecule has 3 nitrogen and oxygen atoms in total. The number of halogens is 4. The molecule has 108 valence electrons. The number of hydrogen-bond acceptors (Lipinski definition) is 3. The minimum atomic E-state index is -4.57. The van der Waals surface area contributed by atoms with E-state index >= 15 is 0 Å². The third-order valence-electron chi connectivity index (χ3n) is 2.40. The van der Waals surface area contributed by atoms with Gasteiger partial charge in [-0.3, -0.25) is 0 Å². The van der Waals surface area contributed by atoms with Gasteiger partial charge in [-0.1, -0.05) is 15.9 Å². The summed E-state index contributed by atoms with van der Waals surface area (Å²) in [6.45, 7) is 5.56. The summed E-state index contributed by atoms with van der Waals surface area (Å²) in [6.07, 6.45) is -4.57. The van der Waals surface area contributed by atoms with Crippen molar-refractivity contribution in [2.45, 2.75) is 32.5 Å². The summed E-state index contributed by atoms with van der Waals surface area (Å²) >= 11 is 3.30. The Hall–Kier alpha value is -1.37. The van der Waals surface area contributed by atoms with Crippen molar-refractivity contribution < 1.29 is 13.2 Å². The van der Waals surface area contributed by atoms with Gasteiger partial charge in [-0.2, -0.15) is 13.2 Å². The molecular formula is C13H13BrF3N3. The molecule has 0 fully saturated rings. The predicted molar refractivity (Wildman–Crippen MR) is 75.6 cm³/mol. The summed E-state index contributed by atoms with van der Waals surface area (Å²) in [4.78, 5) is 7.21. The maximum Gasteiger partial charge on any atom is 0.451 e. The molecule has 0 aliphatic rings. The van der Waals surface area contributed by atoms with Crippen molar-refractivity contribution in [3.05, 3.63) is 28.5 Å². The van der Waals surface area contributed by atoms with Gasteiger partial charge in [0.1, 0.15) is 5.82 Å². The lowest BCUT2D eigenvalue weighted by Crippen LogP contribution is -2.27. The molecule has 20 heavy (non-hydrogen) atoms. The lowest BCUT2D eigenvalue weighted by atomic mass is 10.1. The molecule has 1 N–H and O–H groups in total. The number of fused-ring (bicyclic) bond motifs is 1. The van der Waals surface area contributed by atoms with Gasteiger partial charge < -0.3 is 5.32 Å². The minimum absolute atomic E-state index is 0.177. The Balaban J connectivity index is 2.70. The number of alkyl halides is 3. The molecule has 1 aromatic carbocycles. The van der Waals surface area contributed by atoms with Gasteiger partial charge in [0.25, 0.3) is 0 Å². The van der Waals surface area contributed by atoms with E-state index in [2.05, 4.69) is 31.2 Å². The van der Waals surface area contributed by atoms with Crippen LogP contribution in [0, 0.1) is 0 Å². The molecule has 1 aromatic heterocycles. The van der Waals surface area contributed by atoms with E-state index in [9.17, 15) is 13.2 Å². The van der Waals surface area contributed by atoms with Gasteiger partial charge in [-0.15, -0.1) is 0 Å². The molecule has 0 radical (unpaired) electrons. The number of anilines is 1. The van der Waals surface area contributed by atoms with E-state index < -0.39 is 17.5 Å². The van der Waals surface area contributed by atoms with Crippen LogP contribution in [0.1, 0.15) is 26.6 Å². The first-order valence-corrected chi connectivity index (χ1v) is 6.68. The van der Waals surface area contributed by atoms with E-state index in [0.717, 1.165) is 4.47 Å². The second-order valence-corrected chi connectivity index (χ2v) is 6.35. The molecule has 2 aromatic rings. The zero-order valence-electron chi connectivity index (χ0n) is 11.1. The minimum Gasteiger partial charge on any atom is -0.365 e. The zero-order chi connectivity index (χ0) is 15.1. The lowest BCUT2D eigenvalue weighted by Gasteiger charge is -2.23. The summed E-state index contributed by atoms with van der Waals surface area (Å²) in [7, 11) is 0. The zero-order valence-corrected chi connectivity index (χ0v) is 12.7. The number of nitrogens with one attached hydrogen (secondary N) is 1. The first-order chi connectivity index (χ1) is 9.06. The average Bonchev–Trinajstić information content (AvgIpc) is 2.26. The third-order valence-corrected chi connectivity index (χ3v) is 2.90. The summed E-state index contributed by atoms with van der Waals surface area (Å²) in [6, 6.07) is 4.88. The van der Waals surface area contributed by atoms with E-state index in [-0.39, 0.29) is 11.3 Å². The molecular weight excluding hydrogens is 335 g/mol. The highest BCUT2D eigenvalue weighted by molar-refractivity contribution is 9.10. The third kappa shape index (κ3) is 3.39. The van der Waals surface area contributed by atoms with Crippen molar-refractivity contribution in [1.82, 2.24) is 9.97 Å². The fourth-order valence-electron chi connectivity index (χ4n) is 1.68. The Morgan fingerprint density at radius 1 is 1.10 bits per heavy atom. The lowest BCUT2D eigenvalue weighted by molar-refractivity contribution is -0.144. The summed E-state index contributed by atoms with van der Waals surface area (Å²) in [5.74, 6) is -0.963. The van der Waals surface area contributed by atoms with E-state index in [1.807, 2.05) is 20.8 Å². The van der Waals surface area contributed by atoms with Crippen LogP contribution in [0.5, 0.6) is 0 Å². The molecule has 0 atom stereocenters. The summed E-state index contributed by atoms with van der Waals surface area (Å²) in [5, 5.41) is 3.54.